The van der Waals surface area contributed by atoms with Gasteiger partial charge in [-0.25, -0.2) is 0 Å². The Bertz CT molecular complexity index is 220. The number of carbonyl (C=O) groups excluding carboxylic acids is 1. The minimum absolute atomic E-state index is 0.0411. The molecule has 2 saturated heterocycles. The Morgan fingerprint density at radius 1 is 1.38 bits per heavy atom. The van der Waals surface area contributed by atoms with E-state index in [4.69, 9.17) is 14.2 Å². The third kappa shape index (κ3) is 1.61. The Hall–Kier alpha value is -0.450. The standard InChI is InChI=1S/C9H14O4/c1-5(10)6-4-7-8(11-6)13-9(2,3)12-7/h6-8H,4H2,1-3H3/t6-,7+,8+/m0/s1. The van der Waals surface area contributed by atoms with Crippen molar-refractivity contribution in [1.29, 1.82) is 0 Å². The van der Waals surface area contributed by atoms with Crippen LogP contribution in [0.5, 0.6) is 0 Å². The van der Waals surface area contributed by atoms with Gasteiger partial charge in [0.2, 0.25) is 0 Å². The van der Waals surface area contributed by atoms with Gasteiger partial charge in [0.15, 0.2) is 17.9 Å². The highest BCUT2D eigenvalue weighted by molar-refractivity contribution is 5.80. The van der Waals surface area contributed by atoms with Gasteiger partial charge < -0.3 is 14.2 Å². The molecule has 4 heteroatoms. The number of fused-ring (bicyclic) bond motifs is 1. The van der Waals surface area contributed by atoms with Gasteiger partial charge in [-0.3, -0.25) is 4.79 Å². The predicted molar refractivity (Wildman–Crippen MR) is 44.0 cm³/mol. The van der Waals surface area contributed by atoms with Crippen LogP contribution in [-0.2, 0) is 19.0 Å². The quantitative estimate of drug-likeness (QED) is 0.608. The van der Waals surface area contributed by atoms with E-state index in [1.165, 1.54) is 6.92 Å². The Balaban J connectivity index is 2.01. The van der Waals surface area contributed by atoms with Crippen LogP contribution in [0.15, 0.2) is 0 Å². The maximum atomic E-state index is 11.0. The lowest BCUT2D eigenvalue weighted by molar-refractivity contribution is -0.204. The lowest BCUT2D eigenvalue weighted by Gasteiger charge is -2.19. The summed E-state index contributed by atoms with van der Waals surface area (Å²) in [6, 6.07) is 0. The summed E-state index contributed by atoms with van der Waals surface area (Å²) in [5.41, 5.74) is 0. The van der Waals surface area contributed by atoms with E-state index >= 15 is 0 Å². The third-order valence-electron chi connectivity index (χ3n) is 2.34. The monoisotopic (exact) mass is 186 g/mol. The highest BCUT2D eigenvalue weighted by atomic mass is 16.8. The van der Waals surface area contributed by atoms with Gasteiger partial charge in [-0.05, 0) is 20.8 Å². The van der Waals surface area contributed by atoms with Crippen molar-refractivity contribution in [3.05, 3.63) is 0 Å². The molecule has 0 aromatic heterocycles. The number of rotatable bonds is 1. The van der Waals surface area contributed by atoms with Gasteiger partial charge in [-0.2, -0.15) is 0 Å². The number of carbonyl (C=O) groups is 1. The maximum Gasteiger partial charge on any atom is 0.188 e. The number of ketones is 1. The lowest BCUT2D eigenvalue weighted by atomic mass is 10.1. The largest absolute Gasteiger partial charge is 0.342 e. The molecule has 0 N–H and O–H groups in total. The van der Waals surface area contributed by atoms with Crippen LogP contribution in [0.25, 0.3) is 0 Å². The first kappa shape index (κ1) is 9.12. The van der Waals surface area contributed by atoms with E-state index in [2.05, 4.69) is 0 Å². The number of hydrogen-bond acceptors (Lipinski definition) is 4. The lowest BCUT2D eigenvalue weighted by Crippen LogP contribution is -2.26. The van der Waals surface area contributed by atoms with Crippen LogP contribution in [0.1, 0.15) is 27.2 Å². The van der Waals surface area contributed by atoms with Crippen molar-refractivity contribution in [2.24, 2.45) is 0 Å². The molecule has 0 aromatic rings. The van der Waals surface area contributed by atoms with Gasteiger partial charge in [0.25, 0.3) is 0 Å². The Kier molecular flexibility index (Phi) is 1.94. The molecule has 2 heterocycles. The van der Waals surface area contributed by atoms with Crippen molar-refractivity contribution < 1.29 is 19.0 Å². The molecule has 4 nitrogen and oxygen atoms in total. The Morgan fingerprint density at radius 3 is 2.62 bits per heavy atom. The molecular formula is C9H14O4. The first-order valence-electron chi connectivity index (χ1n) is 4.49. The van der Waals surface area contributed by atoms with Crippen molar-refractivity contribution in [3.63, 3.8) is 0 Å². The highest BCUT2D eigenvalue weighted by Crippen LogP contribution is 2.37. The van der Waals surface area contributed by atoms with Gasteiger partial charge in [-0.15, -0.1) is 0 Å². The van der Waals surface area contributed by atoms with Crippen LogP contribution in [0.3, 0.4) is 0 Å². The molecule has 0 saturated carbocycles. The highest BCUT2D eigenvalue weighted by Gasteiger charge is 2.49. The molecule has 0 aromatic carbocycles. The summed E-state index contributed by atoms with van der Waals surface area (Å²) in [5, 5.41) is 0. The van der Waals surface area contributed by atoms with Crippen LogP contribution in [-0.4, -0.2) is 30.1 Å². The van der Waals surface area contributed by atoms with E-state index in [1.54, 1.807) is 0 Å². The molecule has 2 fully saturated rings. The SMILES string of the molecule is CC(=O)[C@@H]1C[C@H]2OC(C)(C)O[C@H]2O1. The van der Waals surface area contributed by atoms with Crippen molar-refractivity contribution in [2.75, 3.05) is 0 Å². The van der Waals surface area contributed by atoms with E-state index in [0.29, 0.717) is 6.42 Å². The van der Waals surface area contributed by atoms with Crippen molar-refractivity contribution >= 4 is 5.78 Å². The molecule has 3 atom stereocenters. The van der Waals surface area contributed by atoms with Crippen LogP contribution in [0.2, 0.25) is 0 Å². The van der Waals surface area contributed by atoms with Crippen molar-refractivity contribution in [1.82, 2.24) is 0 Å². The van der Waals surface area contributed by atoms with Crippen molar-refractivity contribution in [2.45, 2.75) is 51.5 Å². The van der Waals surface area contributed by atoms with Crippen LogP contribution < -0.4 is 0 Å². The molecule has 74 valence electrons. The fraction of sp³-hybridized carbons (Fsp3) is 0.889. The van der Waals surface area contributed by atoms with Gasteiger partial charge in [-0.1, -0.05) is 0 Å². The molecule has 0 spiro atoms. The summed E-state index contributed by atoms with van der Waals surface area (Å²) in [4.78, 5) is 11.0. The fourth-order valence-corrected chi connectivity index (χ4v) is 1.77. The van der Waals surface area contributed by atoms with Gasteiger partial charge in [0.05, 0.1) is 0 Å². The van der Waals surface area contributed by atoms with Crippen LogP contribution in [0, 0.1) is 0 Å². The zero-order valence-corrected chi connectivity index (χ0v) is 8.07. The van der Waals surface area contributed by atoms with E-state index in [9.17, 15) is 4.79 Å². The molecule has 0 aliphatic carbocycles. The summed E-state index contributed by atoms with van der Waals surface area (Å²) in [6.45, 7) is 5.21. The zero-order chi connectivity index (χ0) is 9.64. The second kappa shape index (κ2) is 2.77. The molecule has 2 aliphatic heterocycles. The molecule has 13 heavy (non-hydrogen) atoms. The first-order chi connectivity index (χ1) is 5.98. The second-order valence-electron chi connectivity index (χ2n) is 4.01. The summed E-state index contributed by atoms with van der Waals surface area (Å²) < 4.78 is 16.4. The summed E-state index contributed by atoms with van der Waals surface area (Å²) in [6.07, 6.45) is -0.164. The zero-order valence-electron chi connectivity index (χ0n) is 8.07. The van der Waals surface area contributed by atoms with Crippen LogP contribution in [0.4, 0.5) is 0 Å². The van der Waals surface area contributed by atoms with Crippen LogP contribution >= 0.6 is 0 Å². The number of ether oxygens (including phenoxy) is 3. The fourth-order valence-electron chi connectivity index (χ4n) is 1.77. The predicted octanol–water partition coefficient (Wildman–Crippen LogP) is 0.842. The van der Waals surface area contributed by atoms with E-state index < -0.39 is 5.79 Å². The number of hydrogen-bond donors (Lipinski definition) is 0. The average molecular weight is 186 g/mol. The first-order valence-corrected chi connectivity index (χ1v) is 4.49. The minimum atomic E-state index is -0.572. The molecule has 2 aliphatic rings. The molecule has 0 amide bonds. The summed E-state index contributed by atoms with van der Waals surface area (Å²) in [5.74, 6) is -0.531. The van der Waals surface area contributed by atoms with E-state index in [0.717, 1.165) is 0 Å². The molecule has 0 radical (unpaired) electrons. The molecule has 0 unspecified atom stereocenters. The second-order valence-corrected chi connectivity index (χ2v) is 4.01. The average Bonchev–Trinajstić information content (AvgIpc) is 2.39. The van der Waals surface area contributed by atoms with Gasteiger partial charge in [0, 0.05) is 6.42 Å². The molecule has 0 bridgehead atoms. The Labute approximate surface area is 77.1 Å². The molecular weight excluding hydrogens is 172 g/mol. The summed E-state index contributed by atoms with van der Waals surface area (Å²) >= 11 is 0. The third-order valence-corrected chi connectivity index (χ3v) is 2.34. The topological polar surface area (TPSA) is 44.8 Å². The summed E-state index contributed by atoms with van der Waals surface area (Å²) in [7, 11) is 0. The number of Topliss-reactive ketones (excluding diaryl/α,β-unsaturated/α-hetero) is 1. The smallest absolute Gasteiger partial charge is 0.188 e. The minimum Gasteiger partial charge on any atom is -0.342 e. The normalized spacial score (nSPS) is 41.9. The maximum absolute atomic E-state index is 11.0. The van der Waals surface area contributed by atoms with Gasteiger partial charge >= 0.3 is 0 Å². The van der Waals surface area contributed by atoms with E-state index in [1.807, 2.05) is 13.8 Å². The van der Waals surface area contributed by atoms with Crippen molar-refractivity contribution in [3.8, 4) is 0 Å². The van der Waals surface area contributed by atoms with E-state index in [-0.39, 0.29) is 24.3 Å². The Morgan fingerprint density at radius 2 is 2.08 bits per heavy atom. The van der Waals surface area contributed by atoms with Gasteiger partial charge in [0.1, 0.15) is 12.2 Å². The molecule has 2 rings (SSSR count).